The molecule has 0 aliphatic heterocycles. The molecule has 0 unspecified atom stereocenters. The van der Waals surface area contributed by atoms with E-state index in [-0.39, 0.29) is 0 Å². The Kier molecular flexibility index (Phi) is 3.66. The molecule has 0 saturated carbocycles. The molecule has 0 aliphatic rings. The second-order valence-corrected chi connectivity index (χ2v) is 8.25. The van der Waals surface area contributed by atoms with Crippen LogP contribution in [0, 0.1) is 6.92 Å². The minimum Gasteiger partial charge on any atom is -0.292 e. The number of benzene rings is 2. The standard InChI is InChI=1S/C22H14Br2N2/c1-13-22-21(15-7-11-17(24)12-8-15)20(14-5-9-16(23)10-6-14)18-3-2-4-19(25-13)26(18)22/h2-12H,1H3. The molecule has 4 heteroatoms. The Morgan fingerprint density at radius 2 is 1.31 bits per heavy atom. The van der Waals surface area contributed by atoms with Gasteiger partial charge in [0.1, 0.15) is 5.65 Å². The van der Waals surface area contributed by atoms with E-state index in [4.69, 9.17) is 4.98 Å². The lowest BCUT2D eigenvalue weighted by Crippen LogP contribution is -1.85. The first kappa shape index (κ1) is 16.0. The number of aromatic nitrogens is 2. The van der Waals surface area contributed by atoms with Crippen molar-refractivity contribution >= 4 is 48.5 Å². The smallest absolute Gasteiger partial charge is 0.138 e. The average Bonchev–Trinajstić information content (AvgIpc) is 3.16. The molecule has 0 amide bonds. The Morgan fingerprint density at radius 3 is 1.92 bits per heavy atom. The van der Waals surface area contributed by atoms with Gasteiger partial charge in [0, 0.05) is 20.1 Å². The quantitative estimate of drug-likeness (QED) is 0.272. The zero-order chi connectivity index (χ0) is 17.8. The van der Waals surface area contributed by atoms with Gasteiger partial charge in [0.15, 0.2) is 0 Å². The molecule has 0 atom stereocenters. The Bertz CT molecular complexity index is 1240. The average molecular weight is 466 g/mol. The highest BCUT2D eigenvalue weighted by molar-refractivity contribution is 9.10. The van der Waals surface area contributed by atoms with E-state index >= 15 is 0 Å². The van der Waals surface area contributed by atoms with Crippen molar-refractivity contribution in [3.8, 4) is 22.3 Å². The van der Waals surface area contributed by atoms with Crippen LogP contribution < -0.4 is 0 Å². The molecule has 3 aromatic heterocycles. The van der Waals surface area contributed by atoms with Gasteiger partial charge < -0.3 is 0 Å². The number of pyridine rings is 1. The number of aryl methyl sites for hydroxylation is 1. The normalized spacial score (nSPS) is 11.7. The van der Waals surface area contributed by atoms with Gasteiger partial charge in [-0.05, 0) is 54.4 Å². The number of halogens is 2. The molecule has 0 N–H and O–H groups in total. The summed E-state index contributed by atoms with van der Waals surface area (Å²) in [5, 5.41) is 0. The number of nitrogens with zero attached hydrogens (tertiary/aromatic N) is 2. The second-order valence-electron chi connectivity index (χ2n) is 6.41. The summed E-state index contributed by atoms with van der Waals surface area (Å²) in [7, 11) is 0. The van der Waals surface area contributed by atoms with E-state index < -0.39 is 0 Å². The maximum atomic E-state index is 4.77. The Hall–Kier alpha value is -2.17. The number of hydrogen-bond acceptors (Lipinski definition) is 1. The molecular weight excluding hydrogens is 452 g/mol. The summed E-state index contributed by atoms with van der Waals surface area (Å²) in [4.78, 5) is 4.77. The van der Waals surface area contributed by atoms with Gasteiger partial charge in [0.25, 0.3) is 0 Å². The van der Waals surface area contributed by atoms with Crippen LogP contribution in [0.2, 0.25) is 0 Å². The molecule has 5 aromatic rings. The molecule has 126 valence electrons. The second kappa shape index (κ2) is 5.93. The maximum Gasteiger partial charge on any atom is 0.138 e. The van der Waals surface area contributed by atoms with Crippen molar-refractivity contribution in [2.24, 2.45) is 0 Å². The van der Waals surface area contributed by atoms with Crippen molar-refractivity contribution in [3.63, 3.8) is 0 Å². The van der Waals surface area contributed by atoms with Gasteiger partial charge in [-0.3, -0.25) is 4.40 Å². The third-order valence-corrected chi connectivity index (χ3v) is 5.88. The van der Waals surface area contributed by atoms with E-state index in [1.54, 1.807) is 0 Å². The number of rotatable bonds is 2. The molecule has 0 aliphatic carbocycles. The molecule has 0 spiro atoms. The van der Waals surface area contributed by atoms with Crippen molar-refractivity contribution in [3.05, 3.63) is 81.4 Å². The molecule has 0 fully saturated rings. The van der Waals surface area contributed by atoms with Crippen molar-refractivity contribution in [1.82, 2.24) is 9.38 Å². The zero-order valence-electron chi connectivity index (χ0n) is 14.0. The third-order valence-electron chi connectivity index (χ3n) is 4.83. The van der Waals surface area contributed by atoms with Gasteiger partial charge in [0.2, 0.25) is 0 Å². The molecule has 3 heterocycles. The first-order valence-corrected chi connectivity index (χ1v) is 9.97. The zero-order valence-corrected chi connectivity index (χ0v) is 17.2. The lowest BCUT2D eigenvalue weighted by molar-refractivity contribution is 1.28. The fourth-order valence-corrected chi connectivity index (χ4v) is 4.28. The first-order valence-electron chi connectivity index (χ1n) is 8.38. The van der Waals surface area contributed by atoms with Crippen LogP contribution in [0.3, 0.4) is 0 Å². The summed E-state index contributed by atoms with van der Waals surface area (Å²) in [6.45, 7) is 2.09. The summed E-state index contributed by atoms with van der Waals surface area (Å²) in [6.07, 6.45) is 0. The van der Waals surface area contributed by atoms with Crippen LogP contribution in [0.25, 0.3) is 38.9 Å². The Balaban J connectivity index is 1.96. The number of imidazole rings is 1. The molecule has 5 rings (SSSR count). The van der Waals surface area contributed by atoms with E-state index in [1.807, 2.05) is 0 Å². The topological polar surface area (TPSA) is 17.3 Å². The largest absolute Gasteiger partial charge is 0.292 e. The van der Waals surface area contributed by atoms with E-state index in [1.165, 1.54) is 33.3 Å². The molecular formula is C22H14Br2N2. The fourth-order valence-electron chi connectivity index (χ4n) is 3.75. The number of hydrogen-bond donors (Lipinski definition) is 0. The van der Waals surface area contributed by atoms with Crippen LogP contribution in [-0.4, -0.2) is 9.38 Å². The monoisotopic (exact) mass is 464 g/mol. The minimum absolute atomic E-state index is 0.997. The predicted molar refractivity (Wildman–Crippen MR) is 115 cm³/mol. The van der Waals surface area contributed by atoms with E-state index in [0.717, 1.165) is 20.3 Å². The van der Waals surface area contributed by atoms with Crippen LogP contribution >= 0.6 is 31.9 Å². The van der Waals surface area contributed by atoms with Gasteiger partial charge >= 0.3 is 0 Å². The highest BCUT2D eigenvalue weighted by Gasteiger charge is 2.22. The van der Waals surface area contributed by atoms with Crippen molar-refractivity contribution in [2.75, 3.05) is 0 Å². The maximum absolute atomic E-state index is 4.77. The molecule has 2 nitrogen and oxygen atoms in total. The Labute approximate surface area is 168 Å². The molecule has 0 saturated heterocycles. The van der Waals surface area contributed by atoms with Gasteiger partial charge in [-0.2, -0.15) is 0 Å². The highest BCUT2D eigenvalue weighted by atomic mass is 79.9. The van der Waals surface area contributed by atoms with Gasteiger partial charge in [-0.25, -0.2) is 4.98 Å². The summed E-state index contributed by atoms with van der Waals surface area (Å²) in [5.74, 6) is 0. The summed E-state index contributed by atoms with van der Waals surface area (Å²) in [6, 6.07) is 23.4. The SMILES string of the molecule is Cc1nc2cccc3c(-c4ccc(Br)cc4)c(-c4ccc(Br)cc4)c1n23. The predicted octanol–water partition coefficient (Wildman–Crippen LogP) is 7.09. The van der Waals surface area contributed by atoms with Crippen molar-refractivity contribution < 1.29 is 0 Å². The van der Waals surface area contributed by atoms with Crippen LogP contribution in [-0.2, 0) is 0 Å². The summed E-state index contributed by atoms with van der Waals surface area (Å²) < 4.78 is 4.45. The first-order chi connectivity index (χ1) is 12.6. The van der Waals surface area contributed by atoms with E-state index in [0.29, 0.717) is 0 Å². The molecule has 0 radical (unpaired) electrons. The molecule has 2 aromatic carbocycles. The van der Waals surface area contributed by atoms with E-state index in [2.05, 4.69) is 110 Å². The Morgan fingerprint density at radius 1 is 0.731 bits per heavy atom. The van der Waals surface area contributed by atoms with Crippen LogP contribution in [0.1, 0.15) is 5.69 Å². The third kappa shape index (κ3) is 2.32. The minimum atomic E-state index is 0.997. The summed E-state index contributed by atoms with van der Waals surface area (Å²) >= 11 is 7.09. The van der Waals surface area contributed by atoms with Crippen molar-refractivity contribution in [2.45, 2.75) is 6.92 Å². The molecule has 26 heavy (non-hydrogen) atoms. The van der Waals surface area contributed by atoms with Crippen LogP contribution in [0.15, 0.2) is 75.7 Å². The lowest BCUT2D eigenvalue weighted by atomic mass is 9.96. The van der Waals surface area contributed by atoms with Gasteiger partial charge in [-0.1, -0.05) is 62.2 Å². The van der Waals surface area contributed by atoms with E-state index in [9.17, 15) is 0 Å². The fraction of sp³-hybridized carbons (Fsp3) is 0.0455. The van der Waals surface area contributed by atoms with Gasteiger partial charge in [0.05, 0.1) is 16.7 Å². The van der Waals surface area contributed by atoms with Gasteiger partial charge in [-0.15, -0.1) is 0 Å². The van der Waals surface area contributed by atoms with Crippen LogP contribution in [0.5, 0.6) is 0 Å². The van der Waals surface area contributed by atoms with Crippen LogP contribution in [0.4, 0.5) is 0 Å². The lowest BCUT2D eigenvalue weighted by Gasteiger charge is -2.08. The van der Waals surface area contributed by atoms with Crippen molar-refractivity contribution in [1.29, 1.82) is 0 Å². The molecule has 0 bridgehead atoms. The highest BCUT2D eigenvalue weighted by Crippen LogP contribution is 2.43. The summed E-state index contributed by atoms with van der Waals surface area (Å²) in [5.41, 5.74) is 9.35.